The van der Waals surface area contributed by atoms with Gasteiger partial charge in [-0.1, -0.05) is 19.1 Å². The summed E-state index contributed by atoms with van der Waals surface area (Å²) in [7, 11) is 0. The molecule has 6 nitrogen and oxygen atoms in total. The molecule has 2 aromatic rings. The van der Waals surface area contributed by atoms with E-state index in [2.05, 4.69) is 57.1 Å². The van der Waals surface area contributed by atoms with Crippen molar-refractivity contribution in [3.8, 4) is 0 Å². The number of piperidine rings is 1. The molecule has 0 bridgehead atoms. The van der Waals surface area contributed by atoms with Gasteiger partial charge in [-0.05, 0) is 51.3 Å². The lowest BCUT2D eigenvalue weighted by Crippen LogP contribution is -2.48. The monoisotopic (exact) mass is 370 g/mol. The molecule has 3 rings (SSSR count). The van der Waals surface area contributed by atoms with Crippen molar-refractivity contribution in [2.75, 3.05) is 32.7 Å². The smallest absolute Gasteiger partial charge is 0.191 e. The molecule has 148 valence electrons. The number of imidazole rings is 1. The molecule has 2 N–H and O–H groups in total. The Hall–Kier alpha value is -2.08. The zero-order chi connectivity index (χ0) is 18.9. The van der Waals surface area contributed by atoms with Gasteiger partial charge in [0, 0.05) is 38.8 Å². The molecule has 0 aliphatic carbocycles. The maximum absolute atomic E-state index is 4.79. The molecule has 1 saturated heterocycles. The van der Waals surface area contributed by atoms with Crippen LogP contribution in [0.1, 0.15) is 39.5 Å². The van der Waals surface area contributed by atoms with Crippen LogP contribution in [-0.4, -0.2) is 59.2 Å². The summed E-state index contributed by atoms with van der Waals surface area (Å²) in [5, 5.41) is 7.03. The number of rotatable bonds is 8. The fourth-order valence-electron chi connectivity index (χ4n) is 3.75. The SMILES string of the molecule is CCCN1CCC(NC(=NCCCn2cnc3ccccc32)NCC)CC1. The molecule has 0 spiro atoms. The topological polar surface area (TPSA) is 57.5 Å². The molecule has 27 heavy (non-hydrogen) atoms. The highest BCUT2D eigenvalue weighted by atomic mass is 15.2. The van der Waals surface area contributed by atoms with Gasteiger partial charge in [-0.15, -0.1) is 0 Å². The molecule has 6 heteroatoms. The third-order valence-corrected chi connectivity index (χ3v) is 5.17. The standard InChI is InChI=1S/C21H34N6/c1-3-13-26-15-10-18(11-16-26)25-21(22-4-2)23-12-7-14-27-17-24-19-8-5-6-9-20(19)27/h5-6,8-9,17-18H,3-4,7,10-16H2,1-2H3,(H2,22,23,25). The van der Waals surface area contributed by atoms with Crippen molar-refractivity contribution >= 4 is 17.0 Å². The number of nitrogens with one attached hydrogen (secondary N) is 2. The van der Waals surface area contributed by atoms with E-state index in [1.54, 1.807) is 0 Å². The highest BCUT2D eigenvalue weighted by Gasteiger charge is 2.19. The van der Waals surface area contributed by atoms with Crippen LogP contribution in [0.2, 0.25) is 0 Å². The first-order valence-electron chi connectivity index (χ1n) is 10.5. The number of aliphatic imine (C=N–C) groups is 1. The van der Waals surface area contributed by atoms with Crippen LogP contribution in [0.3, 0.4) is 0 Å². The number of likely N-dealkylation sites (tertiary alicyclic amines) is 1. The second-order valence-electron chi connectivity index (χ2n) is 7.30. The molecule has 0 saturated carbocycles. The Bertz CT molecular complexity index is 714. The van der Waals surface area contributed by atoms with Crippen molar-refractivity contribution < 1.29 is 0 Å². The average molecular weight is 371 g/mol. The predicted octanol–water partition coefficient (Wildman–Crippen LogP) is 2.86. The van der Waals surface area contributed by atoms with E-state index in [-0.39, 0.29) is 0 Å². The Morgan fingerprint density at radius 1 is 1.19 bits per heavy atom. The molecule has 1 fully saturated rings. The van der Waals surface area contributed by atoms with Crippen molar-refractivity contribution in [1.82, 2.24) is 25.1 Å². The molecular weight excluding hydrogens is 336 g/mol. The number of aromatic nitrogens is 2. The number of hydrogen-bond acceptors (Lipinski definition) is 3. The van der Waals surface area contributed by atoms with Gasteiger partial charge in [-0.2, -0.15) is 0 Å². The number of hydrogen-bond donors (Lipinski definition) is 2. The lowest BCUT2D eigenvalue weighted by molar-refractivity contribution is 0.206. The first-order valence-corrected chi connectivity index (χ1v) is 10.5. The van der Waals surface area contributed by atoms with Crippen molar-refractivity contribution in [1.29, 1.82) is 0 Å². The van der Waals surface area contributed by atoms with Gasteiger partial charge in [-0.25, -0.2) is 4.98 Å². The molecule has 0 amide bonds. The van der Waals surface area contributed by atoms with Crippen molar-refractivity contribution in [3.63, 3.8) is 0 Å². The van der Waals surface area contributed by atoms with E-state index in [4.69, 9.17) is 4.99 Å². The summed E-state index contributed by atoms with van der Waals surface area (Å²) in [4.78, 5) is 11.8. The average Bonchev–Trinajstić information content (AvgIpc) is 3.10. The molecule has 0 radical (unpaired) electrons. The third kappa shape index (κ3) is 5.70. The summed E-state index contributed by atoms with van der Waals surface area (Å²) < 4.78 is 2.22. The molecule has 0 unspecified atom stereocenters. The van der Waals surface area contributed by atoms with Gasteiger partial charge in [0.1, 0.15) is 0 Å². The molecular formula is C21H34N6. The number of fused-ring (bicyclic) bond motifs is 1. The van der Waals surface area contributed by atoms with Crippen LogP contribution in [0.5, 0.6) is 0 Å². The Balaban J connectivity index is 1.46. The van der Waals surface area contributed by atoms with Gasteiger partial charge >= 0.3 is 0 Å². The summed E-state index contributed by atoms with van der Waals surface area (Å²) in [6, 6.07) is 8.82. The van der Waals surface area contributed by atoms with Crippen LogP contribution in [0, 0.1) is 0 Å². The van der Waals surface area contributed by atoms with Gasteiger partial charge in [0.05, 0.1) is 17.4 Å². The Kier molecular flexibility index (Phi) is 7.51. The van der Waals surface area contributed by atoms with Gasteiger partial charge in [-0.3, -0.25) is 4.99 Å². The van der Waals surface area contributed by atoms with Gasteiger partial charge in [0.25, 0.3) is 0 Å². The van der Waals surface area contributed by atoms with Gasteiger partial charge in [0.15, 0.2) is 5.96 Å². The summed E-state index contributed by atoms with van der Waals surface area (Å²) >= 11 is 0. The Morgan fingerprint density at radius 2 is 2.00 bits per heavy atom. The van der Waals surface area contributed by atoms with Crippen molar-refractivity contribution in [3.05, 3.63) is 30.6 Å². The summed E-state index contributed by atoms with van der Waals surface area (Å²) in [5.41, 5.74) is 2.26. The van der Waals surface area contributed by atoms with E-state index in [1.807, 2.05) is 12.4 Å². The number of aryl methyl sites for hydroxylation is 1. The lowest BCUT2D eigenvalue weighted by atomic mass is 10.1. The highest BCUT2D eigenvalue weighted by molar-refractivity contribution is 5.80. The fraction of sp³-hybridized carbons (Fsp3) is 0.619. The van der Waals surface area contributed by atoms with Crippen LogP contribution >= 0.6 is 0 Å². The van der Waals surface area contributed by atoms with Crippen molar-refractivity contribution in [2.24, 2.45) is 4.99 Å². The van der Waals surface area contributed by atoms with Crippen LogP contribution in [0.25, 0.3) is 11.0 Å². The normalized spacial score (nSPS) is 16.7. The molecule has 0 atom stereocenters. The van der Waals surface area contributed by atoms with E-state index in [0.29, 0.717) is 6.04 Å². The van der Waals surface area contributed by atoms with E-state index in [0.717, 1.165) is 37.5 Å². The van der Waals surface area contributed by atoms with Crippen LogP contribution in [-0.2, 0) is 6.54 Å². The zero-order valence-electron chi connectivity index (χ0n) is 16.8. The molecule has 1 aliphatic rings. The number of benzene rings is 1. The Morgan fingerprint density at radius 3 is 2.78 bits per heavy atom. The van der Waals surface area contributed by atoms with Gasteiger partial charge in [0.2, 0.25) is 0 Å². The predicted molar refractivity (Wildman–Crippen MR) is 113 cm³/mol. The number of para-hydroxylation sites is 2. The minimum Gasteiger partial charge on any atom is -0.357 e. The maximum Gasteiger partial charge on any atom is 0.191 e. The van der Waals surface area contributed by atoms with Crippen molar-refractivity contribution in [2.45, 2.75) is 52.1 Å². The Labute approximate surface area is 163 Å². The second-order valence-corrected chi connectivity index (χ2v) is 7.30. The van der Waals surface area contributed by atoms with Crippen LogP contribution < -0.4 is 10.6 Å². The van der Waals surface area contributed by atoms with E-state index in [9.17, 15) is 0 Å². The third-order valence-electron chi connectivity index (χ3n) is 5.17. The van der Waals surface area contributed by atoms with E-state index < -0.39 is 0 Å². The fourth-order valence-corrected chi connectivity index (χ4v) is 3.75. The minimum absolute atomic E-state index is 0.536. The first kappa shape index (κ1) is 19.7. The molecule has 1 aromatic heterocycles. The van der Waals surface area contributed by atoms with Gasteiger partial charge < -0.3 is 20.1 Å². The highest BCUT2D eigenvalue weighted by Crippen LogP contribution is 2.12. The van der Waals surface area contributed by atoms with Crippen LogP contribution in [0.4, 0.5) is 0 Å². The molecule has 1 aliphatic heterocycles. The van der Waals surface area contributed by atoms with Crippen LogP contribution in [0.15, 0.2) is 35.6 Å². The zero-order valence-corrected chi connectivity index (χ0v) is 16.8. The molecule has 1 aromatic carbocycles. The number of guanidine groups is 1. The summed E-state index contributed by atoms with van der Waals surface area (Å²) in [6.07, 6.45) is 6.58. The summed E-state index contributed by atoms with van der Waals surface area (Å²) in [6.45, 7) is 10.6. The first-order chi connectivity index (χ1) is 13.3. The lowest BCUT2D eigenvalue weighted by Gasteiger charge is -2.32. The summed E-state index contributed by atoms with van der Waals surface area (Å²) in [5.74, 6) is 0.960. The number of nitrogens with zero attached hydrogens (tertiary/aromatic N) is 4. The molecule has 2 heterocycles. The largest absolute Gasteiger partial charge is 0.357 e. The maximum atomic E-state index is 4.79. The second kappa shape index (κ2) is 10.3. The minimum atomic E-state index is 0.536. The van der Waals surface area contributed by atoms with E-state index in [1.165, 1.54) is 44.4 Å². The van der Waals surface area contributed by atoms with E-state index >= 15 is 0 Å². The quantitative estimate of drug-likeness (QED) is 0.426.